The number of benzene rings is 1. The van der Waals surface area contributed by atoms with Gasteiger partial charge in [0.1, 0.15) is 11.7 Å². The molecule has 0 bridgehead atoms. The lowest BCUT2D eigenvalue weighted by Gasteiger charge is -2.08. The van der Waals surface area contributed by atoms with Crippen molar-refractivity contribution >= 4 is 23.4 Å². The Morgan fingerprint density at radius 3 is 2.44 bits per heavy atom. The van der Waals surface area contributed by atoms with Crippen LogP contribution in [0.5, 0.6) is 0 Å². The van der Waals surface area contributed by atoms with Gasteiger partial charge in [-0.3, -0.25) is 10.4 Å². The number of rotatable bonds is 6. The maximum Gasteiger partial charge on any atom is 0.451 e. The molecule has 2 aromatic heterocycles. The molecule has 0 spiro atoms. The van der Waals surface area contributed by atoms with Gasteiger partial charge in [0, 0.05) is 35.1 Å². The van der Waals surface area contributed by atoms with E-state index in [4.69, 9.17) is 17.0 Å². The van der Waals surface area contributed by atoms with Crippen LogP contribution in [0.25, 0.3) is 11.1 Å². The predicted molar refractivity (Wildman–Crippen MR) is 112 cm³/mol. The average Bonchev–Trinajstić information content (AvgIpc) is 3.20. The predicted octanol–water partition coefficient (Wildman–Crippen LogP) is 3.73. The molecule has 3 rings (SSSR count). The van der Waals surface area contributed by atoms with Crippen LogP contribution in [0, 0.1) is 11.2 Å². The lowest BCUT2D eigenvalue weighted by atomic mass is 10.0. The third-order valence-electron chi connectivity index (χ3n) is 4.57. The molecule has 0 saturated carbocycles. The van der Waals surface area contributed by atoms with Gasteiger partial charge >= 0.3 is 6.18 Å². The summed E-state index contributed by atoms with van der Waals surface area (Å²) in [4.78, 5) is 13.7. The van der Waals surface area contributed by atoms with E-state index in [2.05, 4.69) is 25.0 Å². The Bertz CT molecular complexity index is 1180. The normalized spacial score (nSPS) is 13.5. The van der Waals surface area contributed by atoms with Crippen molar-refractivity contribution in [2.24, 2.45) is 21.7 Å². The molecule has 0 radical (unpaired) electrons. The summed E-state index contributed by atoms with van der Waals surface area (Å²) in [7, 11) is 0. The molecule has 0 aliphatic carbocycles. The molecular formula is C20H18F4N8. The second kappa shape index (κ2) is 8.96. The van der Waals surface area contributed by atoms with Gasteiger partial charge in [-0.05, 0) is 18.2 Å². The molecule has 1 aromatic carbocycles. The van der Waals surface area contributed by atoms with Gasteiger partial charge in [-0.1, -0.05) is 19.1 Å². The second-order valence-electron chi connectivity index (χ2n) is 6.71. The third kappa shape index (κ3) is 4.79. The minimum atomic E-state index is -4.68. The number of nitrogens with zero attached hydrogens (tertiary/aromatic N) is 4. The van der Waals surface area contributed by atoms with E-state index in [1.807, 2.05) is 0 Å². The summed E-state index contributed by atoms with van der Waals surface area (Å²) in [6, 6.07) is 7.48. The monoisotopic (exact) mass is 446 g/mol. The number of alkyl halides is 3. The van der Waals surface area contributed by atoms with Gasteiger partial charge < -0.3 is 16.6 Å². The van der Waals surface area contributed by atoms with Crippen molar-refractivity contribution < 1.29 is 17.6 Å². The zero-order valence-electron chi connectivity index (χ0n) is 16.7. The summed E-state index contributed by atoms with van der Waals surface area (Å²) >= 11 is 0. The first-order valence-corrected chi connectivity index (χ1v) is 9.15. The van der Waals surface area contributed by atoms with E-state index in [-0.39, 0.29) is 28.5 Å². The largest absolute Gasteiger partial charge is 0.451 e. The lowest BCUT2D eigenvalue weighted by molar-refractivity contribution is -0.144. The molecule has 0 aliphatic heterocycles. The molecule has 0 aliphatic rings. The second-order valence-corrected chi connectivity index (χ2v) is 6.71. The van der Waals surface area contributed by atoms with Crippen LogP contribution in [0.4, 0.5) is 23.2 Å². The number of hydrogen-bond acceptors (Lipinski definition) is 6. The maximum atomic E-state index is 13.8. The number of nitrogens with one attached hydrogen (secondary N) is 2. The van der Waals surface area contributed by atoms with Gasteiger partial charge in [0.15, 0.2) is 0 Å². The van der Waals surface area contributed by atoms with E-state index < -0.39 is 23.7 Å². The highest BCUT2D eigenvalue weighted by molar-refractivity contribution is 6.33. The summed E-state index contributed by atoms with van der Waals surface area (Å²) < 4.78 is 52.0. The SMILES string of the molecule is CC(C(C=Nc1ccccc1F)=NN)c1cc(-c2cnc(C(F)(F)F)nc2)c(C(=N)N)[nH]1. The molecule has 1 unspecified atom stereocenters. The van der Waals surface area contributed by atoms with Gasteiger partial charge in [-0.25, -0.2) is 14.4 Å². The Morgan fingerprint density at radius 2 is 1.88 bits per heavy atom. The van der Waals surface area contributed by atoms with Crippen LogP contribution in [-0.2, 0) is 6.18 Å². The van der Waals surface area contributed by atoms with E-state index in [9.17, 15) is 17.6 Å². The fourth-order valence-electron chi connectivity index (χ4n) is 2.87. The average molecular weight is 446 g/mol. The molecule has 32 heavy (non-hydrogen) atoms. The van der Waals surface area contributed by atoms with Crippen molar-refractivity contribution in [1.29, 1.82) is 5.41 Å². The van der Waals surface area contributed by atoms with Crippen LogP contribution in [0.1, 0.15) is 30.1 Å². The number of aliphatic imine (C=N–C) groups is 1. The summed E-state index contributed by atoms with van der Waals surface area (Å²) in [6.45, 7) is 1.72. The minimum Gasteiger partial charge on any atom is -0.382 e. The van der Waals surface area contributed by atoms with Crippen LogP contribution >= 0.6 is 0 Å². The fraction of sp³-hybridized carbons (Fsp3) is 0.150. The number of halogens is 4. The highest BCUT2D eigenvalue weighted by Gasteiger charge is 2.34. The maximum absolute atomic E-state index is 13.8. The van der Waals surface area contributed by atoms with Crippen LogP contribution in [0.2, 0.25) is 0 Å². The van der Waals surface area contributed by atoms with E-state index in [1.165, 1.54) is 24.4 Å². The van der Waals surface area contributed by atoms with E-state index in [0.717, 1.165) is 12.4 Å². The number of hydrogen-bond donors (Lipinski definition) is 4. The molecule has 12 heteroatoms. The van der Waals surface area contributed by atoms with Crippen LogP contribution in [0.15, 0.2) is 52.8 Å². The van der Waals surface area contributed by atoms with Gasteiger partial charge in [-0.2, -0.15) is 18.3 Å². The van der Waals surface area contributed by atoms with Crippen molar-refractivity contribution in [3.8, 4) is 11.1 Å². The number of aromatic amines is 1. The van der Waals surface area contributed by atoms with Gasteiger partial charge in [0.25, 0.3) is 0 Å². The van der Waals surface area contributed by atoms with Crippen molar-refractivity contribution in [2.45, 2.75) is 19.0 Å². The van der Waals surface area contributed by atoms with Crippen molar-refractivity contribution in [3.05, 3.63) is 65.8 Å². The molecule has 1 atom stereocenters. The van der Waals surface area contributed by atoms with Gasteiger partial charge in [0.05, 0.1) is 23.3 Å². The van der Waals surface area contributed by atoms with Crippen molar-refractivity contribution in [3.63, 3.8) is 0 Å². The summed E-state index contributed by atoms with van der Waals surface area (Å²) in [6.07, 6.45) is -1.38. The molecule has 8 nitrogen and oxygen atoms in total. The number of H-pyrrole nitrogens is 1. The Kier molecular flexibility index (Phi) is 6.32. The Hall–Kier alpha value is -4.09. The molecule has 2 heterocycles. The Balaban J connectivity index is 1.94. The van der Waals surface area contributed by atoms with Gasteiger partial charge in [-0.15, -0.1) is 0 Å². The molecule has 0 amide bonds. The quantitative estimate of drug-likeness (QED) is 0.150. The zero-order valence-corrected chi connectivity index (χ0v) is 16.7. The molecule has 0 saturated heterocycles. The fourth-order valence-corrected chi connectivity index (χ4v) is 2.87. The van der Waals surface area contributed by atoms with E-state index >= 15 is 0 Å². The number of nitrogen functional groups attached to an aromatic ring is 1. The van der Waals surface area contributed by atoms with Gasteiger partial charge in [0.2, 0.25) is 5.82 Å². The standard InChI is InChI=1S/C20H18F4N8/c1-10(16(32-27)9-28-14-5-3-2-4-13(14)21)15-6-12(17(31-15)18(25)26)11-7-29-19(30-8-11)20(22,23)24/h2-10,31H,27H2,1H3,(H3,25,26). The first-order chi connectivity index (χ1) is 15.1. The number of para-hydroxylation sites is 1. The first kappa shape index (κ1) is 22.6. The van der Waals surface area contributed by atoms with Crippen LogP contribution in [0.3, 0.4) is 0 Å². The van der Waals surface area contributed by atoms with E-state index in [0.29, 0.717) is 11.3 Å². The van der Waals surface area contributed by atoms with Crippen LogP contribution < -0.4 is 11.6 Å². The summed E-state index contributed by atoms with van der Waals surface area (Å²) in [5.41, 5.74) is 7.22. The molecule has 0 fully saturated rings. The number of aromatic nitrogens is 3. The Labute approximate surface area is 179 Å². The van der Waals surface area contributed by atoms with Crippen molar-refractivity contribution in [1.82, 2.24) is 15.0 Å². The Morgan fingerprint density at radius 1 is 1.22 bits per heavy atom. The summed E-state index contributed by atoms with van der Waals surface area (Å²) in [5, 5.41) is 11.5. The summed E-state index contributed by atoms with van der Waals surface area (Å²) in [5.74, 6) is 2.84. The molecular weight excluding hydrogens is 428 g/mol. The lowest BCUT2D eigenvalue weighted by Crippen LogP contribution is -2.15. The smallest absolute Gasteiger partial charge is 0.382 e. The van der Waals surface area contributed by atoms with Crippen LogP contribution in [-0.4, -0.2) is 32.7 Å². The zero-order chi connectivity index (χ0) is 23.5. The molecule has 166 valence electrons. The molecule has 6 N–H and O–H groups in total. The topological polar surface area (TPSA) is 142 Å². The van der Waals surface area contributed by atoms with E-state index in [1.54, 1.807) is 19.1 Å². The third-order valence-corrected chi connectivity index (χ3v) is 4.57. The number of hydrazone groups is 1. The number of amidine groups is 1. The first-order valence-electron chi connectivity index (χ1n) is 9.15. The highest BCUT2D eigenvalue weighted by Crippen LogP contribution is 2.30. The minimum absolute atomic E-state index is 0.0966. The molecule has 3 aromatic rings. The highest BCUT2D eigenvalue weighted by atomic mass is 19.4. The number of nitrogens with two attached hydrogens (primary N) is 2. The van der Waals surface area contributed by atoms with Crippen molar-refractivity contribution in [2.75, 3.05) is 0 Å².